The van der Waals surface area contributed by atoms with Crippen LogP contribution in [0.4, 0.5) is 0 Å². The van der Waals surface area contributed by atoms with Crippen LogP contribution in [0.2, 0.25) is 0 Å². The predicted octanol–water partition coefficient (Wildman–Crippen LogP) is 2.69. The molecule has 0 radical (unpaired) electrons. The highest BCUT2D eigenvalue weighted by Crippen LogP contribution is 2.37. The largest absolute Gasteiger partial charge is 0.489 e. The molecule has 1 aromatic carbocycles. The van der Waals surface area contributed by atoms with Crippen molar-refractivity contribution in [1.82, 2.24) is 9.88 Å². The molecular formula is C16H19ClN2O. The smallest absolute Gasteiger partial charge is 0.127 e. The summed E-state index contributed by atoms with van der Waals surface area (Å²) in [5.41, 5.74) is 5.59. The van der Waals surface area contributed by atoms with Gasteiger partial charge in [-0.15, -0.1) is 12.4 Å². The van der Waals surface area contributed by atoms with Crippen molar-refractivity contribution in [2.75, 3.05) is 19.7 Å². The number of halogens is 1. The first-order valence-electron chi connectivity index (χ1n) is 6.99. The lowest BCUT2D eigenvalue weighted by molar-refractivity contribution is 0.359. The Hall–Kier alpha value is -1.45. The fourth-order valence-corrected chi connectivity index (χ4v) is 3.41. The Bertz CT molecular complexity index is 688. The minimum absolute atomic E-state index is 0. The van der Waals surface area contributed by atoms with Crippen LogP contribution >= 0.6 is 12.4 Å². The number of aryl methyl sites for hydroxylation is 1. The zero-order valence-electron chi connectivity index (χ0n) is 11.6. The molecule has 1 aromatic heterocycles. The monoisotopic (exact) mass is 290 g/mol. The van der Waals surface area contributed by atoms with Gasteiger partial charge in [0.2, 0.25) is 0 Å². The van der Waals surface area contributed by atoms with Gasteiger partial charge in [0.25, 0.3) is 0 Å². The van der Waals surface area contributed by atoms with Crippen LogP contribution < -0.4 is 10.1 Å². The van der Waals surface area contributed by atoms with Gasteiger partial charge in [0, 0.05) is 42.2 Å². The third kappa shape index (κ3) is 1.85. The van der Waals surface area contributed by atoms with E-state index >= 15 is 0 Å². The van der Waals surface area contributed by atoms with Gasteiger partial charge in [-0.05, 0) is 36.7 Å². The van der Waals surface area contributed by atoms with Crippen LogP contribution in [-0.4, -0.2) is 24.3 Å². The second-order valence-electron chi connectivity index (χ2n) is 5.32. The molecule has 0 atom stereocenters. The Balaban J connectivity index is 0.00000121. The summed E-state index contributed by atoms with van der Waals surface area (Å²) in [7, 11) is 2.19. The van der Waals surface area contributed by atoms with E-state index in [1.807, 2.05) is 0 Å². The lowest BCUT2D eigenvalue weighted by Crippen LogP contribution is -2.17. The molecule has 0 saturated carbocycles. The van der Waals surface area contributed by atoms with E-state index in [-0.39, 0.29) is 12.4 Å². The van der Waals surface area contributed by atoms with Gasteiger partial charge in [0.1, 0.15) is 12.4 Å². The Labute approximate surface area is 125 Å². The van der Waals surface area contributed by atoms with E-state index in [4.69, 9.17) is 4.74 Å². The van der Waals surface area contributed by atoms with Gasteiger partial charge in [-0.2, -0.15) is 0 Å². The number of fused-ring (bicyclic) bond motifs is 5. The molecule has 106 valence electrons. The van der Waals surface area contributed by atoms with Crippen molar-refractivity contribution in [2.45, 2.75) is 12.8 Å². The van der Waals surface area contributed by atoms with Crippen LogP contribution in [-0.2, 0) is 19.9 Å². The summed E-state index contributed by atoms with van der Waals surface area (Å²) in [6.45, 7) is 2.83. The summed E-state index contributed by atoms with van der Waals surface area (Å²) in [6, 6.07) is 4.31. The maximum Gasteiger partial charge on any atom is 0.127 e. The lowest BCUT2D eigenvalue weighted by atomic mass is 10.00. The van der Waals surface area contributed by atoms with Gasteiger partial charge in [-0.3, -0.25) is 0 Å². The molecule has 4 rings (SSSR count). The lowest BCUT2D eigenvalue weighted by Gasteiger charge is -2.14. The van der Waals surface area contributed by atoms with Crippen molar-refractivity contribution < 1.29 is 4.74 Å². The molecule has 0 fully saturated rings. The van der Waals surface area contributed by atoms with E-state index in [2.05, 4.69) is 41.2 Å². The van der Waals surface area contributed by atoms with Gasteiger partial charge in [-0.1, -0.05) is 6.08 Å². The summed E-state index contributed by atoms with van der Waals surface area (Å²) in [5.74, 6) is 1.03. The van der Waals surface area contributed by atoms with E-state index in [1.54, 1.807) is 0 Å². The van der Waals surface area contributed by atoms with Gasteiger partial charge in [-0.25, -0.2) is 0 Å². The third-order valence-corrected chi connectivity index (χ3v) is 4.31. The molecule has 3 heterocycles. The van der Waals surface area contributed by atoms with Crippen molar-refractivity contribution in [3.63, 3.8) is 0 Å². The molecule has 1 N–H and O–H groups in total. The van der Waals surface area contributed by atoms with Gasteiger partial charge >= 0.3 is 0 Å². The van der Waals surface area contributed by atoms with Crippen LogP contribution in [0, 0.1) is 0 Å². The van der Waals surface area contributed by atoms with Crippen molar-refractivity contribution >= 4 is 29.4 Å². The topological polar surface area (TPSA) is 26.2 Å². The first-order valence-corrected chi connectivity index (χ1v) is 6.99. The Kier molecular flexibility index (Phi) is 3.48. The van der Waals surface area contributed by atoms with Crippen molar-refractivity contribution in [3.05, 3.63) is 35.0 Å². The zero-order valence-corrected chi connectivity index (χ0v) is 12.4. The average molecular weight is 291 g/mol. The highest BCUT2D eigenvalue weighted by atomic mass is 35.5. The van der Waals surface area contributed by atoms with Crippen LogP contribution in [0.5, 0.6) is 5.75 Å². The molecule has 0 aliphatic carbocycles. The summed E-state index contributed by atoms with van der Waals surface area (Å²) in [4.78, 5) is 0. The number of rotatable bonds is 0. The second kappa shape index (κ2) is 5.15. The van der Waals surface area contributed by atoms with Gasteiger partial charge in [0.05, 0.1) is 0 Å². The van der Waals surface area contributed by atoms with Crippen LogP contribution in [0.1, 0.15) is 16.8 Å². The molecule has 0 amide bonds. The average Bonchev–Trinajstić information content (AvgIpc) is 2.63. The minimum atomic E-state index is 0. The van der Waals surface area contributed by atoms with Crippen LogP contribution in [0.3, 0.4) is 0 Å². The fourth-order valence-electron chi connectivity index (χ4n) is 3.41. The van der Waals surface area contributed by atoms with Crippen LogP contribution in [0.25, 0.3) is 17.0 Å². The summed E-state index contributed by atoms with van der Waals surface area (Å²) in [6.07, 6.45) is 6.55. The standard InChI is InChI=1S/C16H18N2O.ClH/c1-18-13-7-9-17-8-6-11(13)16-12-3-2-10-19-15(12)5-4-14(16)18;/h2-5,17H,6-10H2,1H3;1H. The molecule has 0 bridgehead atoms. The molecule has 2 aliphatic rings. The number of nitrogens with one attached hydrogen (secondary N) is 1. The SMILES string of the molecule is Cl.Cn1c2c(c3c4c(ccc31)OCC=C4)CCNCC2. The maximum absolute atomic E-state index is 5.75. The number of hydrogen-bond donors (Lipinski definition) is 1. The highest BCUT2D eigenvalue weighted by molar-refractivity contribution is 5.96. The number of nitrogens with zero attached hydrogens (tertiary/aromatic N) is 1. The number of benzene rings is 1. The number of hydrogen-bond acceptors (Lipinski definition) is 2. The van der Waals surface area contributed by atoms with Crippen molar-refractivity contribution in [1.29, 1.82) is 0 Å². The highest BCUT2D eigenvalue weighted by Gasteiger charge is 2.21. The second-order valence-corrected chi connectivity index (χ2v) is 5.32. The van der Waals surface area contributed by atoms with E-state index in [1.165, 1.54) is 27.7 Å². The zero-order chi connectivity index (χ0) is 12.8. The maximum atomic E-state index is 5.75. The quantitative estimate of drug-likeness (QED) is 0.807. The number of ether oxygens (including phenoxy) is 1. The predicted molar refractivity (Wildman–Crippen MR) is 85.0 cm³/mol. The Morgan fingerprint density at radius 3 is 2.95 bits per heavy atom. The molecule has 4 heteroatoms. The molecule has 2 aliphatic heterocycles. The summed E-state index contributed by atoms with van der Waals surface area (Å²) < 4.78 is 8.11. The molecule has 0 saturated heterocycles. The van der Waals surface area contributed by atoms with Crippen molar-refractivity contribution in [2.24, 2.45) is 7.05 Å². The van der Waals surface area contributed by atoms with Crippen LogP contribution in [0.15, 0.2) is 18.2 Å². The normalized spacial score (nSPS) is 16.9. The van der Waals surface area contributed by atoms with Crippen molar-refractivity contribution in [3.8, 4) is 5.75 Å². The van der Waals surface area contributed by atoms with E-state index in [0.717, 1.165) is 31.7 Å². The first-order chi connectivity index (χ1) is 9.36. The molecule has 0 spiro atoms. The molecule has 2 aromatic rings. The number of aromatic nitrogens is 1. The molecular weight excluding hydrogens is 272 g/mol. The van der Waals surface area contributed by atoms with Gasteiger partial charge < -0.3 is 14.6 Å². The third-order valence-electron chi connectivity index (χ3n) is 4.31. The molecule has 0 unspecified atom stereocenters. The van der Waals surface area contributed by atoms with E-state index < -0.39 is 0 Å². The Morgan fingerprint density at radius 1 is 1.20 bits per heavy atom. The first kappa shape index (κ1) is 13.5. The fraction of sp³-hybridized carbons (Fsp3) is 0.375. The van der Waals surface area contributed by atoms with Gasteiger partial charge in [0.15, 0.2) is 0 Å². The minimum Gasteiger partial charge on any atom is -0.489 e. The summed E-state index contributed by atoms with van der Waals surface area (Å²) in [5, 5.41) is 4.89. The van der Waals surface area contributed by atoms with E-state index in [9.17, 15) is 0 Å². The molecule has 20 heavy (non-hydrogen) atoms. The summed E-state index contributed by atoms with van der Waals surface area (Å²) >= 11 is 0. The van der Waals surface area contributed by atoms with E-state index in [0.29, 0.717) is 6.61 Å². The Morgan fingerprint density at radius 2 is 2.05 bits per heavy atom. The molecule has 3 nitrogen and oxygen atoms in total.